The smallest absolute Gasteiger partial charge is 0.309 e. The van der Waals surface area contributed by atoms with Gasteiger partial charge in [-0.1, -0.05) is 18.2 Å². The maximum Gasteiger partial charge on any atom is 0.309 e. The van der Waals surface area contributed by atoms with Gasteiger partial charge in [0.25, 0.3) is 11.6 Å². The lowest BCUT2D eigenvalue weighted by atomic mass is 10.2. The molecule has 0 atom stereocenters. The Kier molecular flexibility index (Phi) is 7.32. The number of nitro benzene ring substituents is 1. The molecule has 0 unspecified atom stereocenters. The van der Waals surface area contributed by atoms with Crippen molar-refractivity contribution in [3.05, 3.63) is 58.1 Å². The molecule has 1 amide bonds. The molecule has 0 heterocycles. The second-order valence-corrected chi connectivity index (χ2v) is 5.72. The molecule has 0 aromatic heterocycles. The van der Waals surface area contributed by atoms with E-state index < -0.39 is 23.4 Å². The lowest BCUT2D eigenvalue weighted by molar-refractivity contribution is -0.385. The summed E-state index contributed by atoms with van der Waals surface area (Å²) in [5, 5.41) is 13.4. The van der Waals surface area contributed by atoms with Crippen LogP contribution in [-0.4, -0.2) is 37.1 Å². The van der Waals surface area contributed by atoms with Gasteiger partial charge in [0, 0.05) is 17.3 Å². The highest BCUT2D eigenvalue weighted by Gasteiger charge is 2.13. The number of benzene rings is 2. The van der Waals surface area contributed by atoms with Crippen molar-refractivity contribution in [3.63, 3.8) is 0 Å². The minimum Gasteiger partial charge on any atom is -0.493 e. The zero-order chi connectivity index (χ0) is 20.5. The van der Waals surface area contributed by atoms with Gasteiger partial charge in [0.1, 0.15) is 0 Å². The van der Waals surface area contributed by atoms with Gasteiger partial charge in [0.05, 0.1) is 25.1 Å². The number of amides is 1. The summed E-state index contributed by atoms with van der Waals surface area (Å²) in [4.78, 5) is 34.0. The third-order valence-electron chi connectivity index (χ3n) is 3.69. The van der Waals surface area contributed by atoms with E-state index in [-0.39, 0.29) is 24.4 Å². The molecule has 2 aromatic carbocycles. The van der Waals surface area contributed by atoms with E-state index in [1.807, 2.05) is 0 Å². The molecule has 9 heteroatoms. The first-order valence-corrected chi connectivity index (χ1v) is 8.37. The van der Waals surface area contributed by atoms with Crippen molar-refractivity contribution in [1.29, 1.82) is 0 Å². The largest absolute Gasteiger partial charge is 0.493 e. The zero-order valence-electron chi connectivity index (χ0n) is 15.5. The first-order valence-electron chi connectivity index (χ1n) is 8.37. The first kappa shape index (κ1) is 20.7. The Balaban J connectivity index is 1.76. The van der Waals surface area contributed by atoms with Gasteiger partial charge in [-0.05, 0) is 25.1 Å². The van der Waals surface area contributed by atoms with E-state index in [4.69, 9.17) is 14.2 Å². The average Bonchev–Trinajstić information content (AvgIpc) is 2.68. The maximum atomic E-state index is 11.9. The van der Waals surface area contributed by atoms with Crippen molar-refractivity contribution in [2.45, 2.75) is 13.3 Å². The Morgan fingerprint density at radius 3 is 2.54 bits per heavy atom. The molecule has 148 valence electrons. The van der Waals surface area contributed by atoms with E-state index in [1.165, 1.54) is 25.3 Å². The van der Waals surface area contributed by atoms with E-state index in [1.54, 1.807) is 31.2 Å². The van der Waals surface area contributed by atoms with Crippen molar-refractivity contribution in [1.82, 2.24) is 0 Å². The summed E-state index contributed by atoms with van der Waals surface area (Å²) in [6.45, 7) is 1.15. The minimum absolute atomic E-state index is 0.0542. The number of esters is 1. The third-order valence-corrected chi connectivity index (χ3v) is 3.69. The lowest BCUT2D eigenvalue weighted by Crippen LogP contribution is -2.21. The average molecular weight is 388 g/mol. The van der Waals surface area contributed by atoms with Gasteiger partial charge in [0.15, 0.2) is 18.1 Å². The molecular formula is C19H20N2O7. The number of hydrogen-bond acceptors (Lipinski definition) is 7. The molecule has 0 saturated carbocycles. The Bertz CT molecular complexity index is 867. The van der Waals surface area contributed by atoms with E-state index in [0.29, 0.717) is 17.1 Å². The number of carbonyl (C=O) groups is 2. The van der Waals surface area contributed by atoms with Gasteiger partial charge in [-0.3, -0.25) is 19.7 Å². The fourth-order valence-electron chi connectivity index (χ4n) is 2.28. The highest BCUT2D eigenvalue weighted by atomic mass is 16.6. The normalized spacial score (nSPS) is 10.1. The van der Waals surface area contributed by atoms with Crippen molar-refractivity contribution < 1.29 is 28.7 Å². The third kappa shape index (κ3) is 5.97. The van der Waals surface area contributed by atoms with Crippen LogP contribution in [0, 0.1) is 17.0 Å². The molecule has 0 aliphatic carbocycles. The number of aryl methyl sites for hydroxylation is 1. The Labute approximate surface area is 161 Å². The standard InChI is InChI=1S/C19H20N2O7/c1-13-7-8-14(11-15(13)21(24)25)20-18(22)12-28-19(23)9-10-27-17-6-4-3-5-16(17)26-2/h3-8,11H,9-10,12H2,1-2H3,(H,20,22). The van der Waals surface area contributed by atoms with Gasteiger partial charge < -0.3 is 19.5 Å². The predicted molar refractivity (Wildman–Crippen MR) is 101 cm³/mol. The molecule has 0 aliphatic heterocycles. The molecule has 0 saturated heterocycles. The van der Waals surface area contributed by atoms with Crippen LogP contribution in [0.4, 0.5) is 11.4 Å². The van der Waals surface area contributed by atoms with Crippen LogP contribution in [0.15, 0.2) is 42.5 Å². The fourth-order valence-corrected chi connectivity index (χ4v) is 2.28. The molecule has 2 aromatic rings. The summed E-state index contributed by atoms with van der Waals surface area (Å²) >= 11 is 0. The SMILES string of the molecule is COc1ccccc1OCCC(=O)OCC(=O)Nc1ccc(C)c([N+](=O)[O-])c1. The molecule has 9 nitrogen and oxygen atoms in total. The van der Waals surface area contributed by atoms with Crippen molar-refractivity contribution in [2.75, 3.05) is 25.6 Å². The summed E-state index contributed by atoms with van der Waals surface area (Å²) in [6.07, 6.45) is -0.0542. The highest BCUT2D eigenvalue weighted by molar-refractivity contribution is 5.93. The molecular weight excluding hydrogens is 368 g/mol. The summed E-state index contributed by atoms with van der Waals surface area (Å²) in [5.41, 5.74) is 0.616. The van der Waals surface area contributed by atoms with Crippen LogP contribution in [0.2, 0.25) is 0 Å². The van der Waals surface area contributed by atoms with Crippen LogP contribution in [0.3, 0.4) is 0 Å². The fraction of sp³-hybridized carbons (Fsp3) is 0.263. The van der Waals surface area contributed by atoms with Crippen molar-refractivity contribution >= 4 is 23.3 Å². The molecule has 0 bridgehead atoms. The zero-order valence-corrected chi connectivity index (χ0v) is 15.5. The first-order chi connectivity index (χ1) is 13.4. The number of nitrogens with zero attached hydrogens (tertiary/aromatic N) is 1. The van der Waals surface area contributed by atoms with E-state index >= 15 is 0 Å². The van der Waals surface area contributed by atoms with E-state index in [9.17, 15) is 19.7 Å². The number of nitrogens with one attached hydrogen (secondary N) is 1. The number of hydrogen-bond donors (Lipinski definition) is 1. The van der Waals surface area contributed by atoms with Crippen LogP contribution in [0.1, 0.15) is 12.0 Å². The lowest BCUT2D eigenvalue weighted by Gasteiger charge is -2.10. The predicted octanol–water partition coefficient (Wildman–Crippen LogP) is 2.86. The van der Waals surface area contributed by atoms with Crippen LogP contribution >= 0.6 is 0 Å². The molecule has 2 rings (SSSR count). The maximum absolute atomic E-state index is 11.9. The molecule has 0 fully saturated rings. The van der Waals surface area contributed by atoms with Gasteiger partial charge in [-0.25, -0.2) is 0 Å². The number of nitro groups is 1. The summed E-state index contributed by atoms with van der Waals surface area (Å²) in [6, 6.07) is 11.3. The second kappa shape index (κ2) is 9.91. The van der Waals surface area contributed by atoms with Gasteiger partial charge >= 0.3 is 5.97 Å². The van der Waals surface area contributed by atoms with E-state index in [2.05, 4.69) is 5.32 Å². The second-order valence-electron chi connectivity index (χ2n) is 5.72. The topological polar surface area (TPSA) is 117 Å². The quantitative estimate of drug-likeness (QED) is 0.399. The van der Waals surface area contributed by atoms with Crippen LogP contribution in [0.5, 0.6) is 11.5 Å². The molecule has 0 radical (unpaired) electrons. The monoisotopic (exact) mass is 388 g/mol. The van der Waals surface area contributed by atoms with Crippen LogP contribution < -0.4 is 14.8 Å². The molecule has 0 spiro atoms. The number of ether oxygens (including phenoxy) is 3. The summed E-state index contributed by atoms with van der Waals surface area (Å²) in [7, 11) is 1.51. The minimum atomic E-state index is -0.611. The number of anilines is 1. The number of rotatable bonds is 9. The Morgan fingerprint density at radius 1 is 1.14 bits per heavy atom. The van der Waals surface area contributed by atoms with E-state index in [0.717, 1.165) is 0 Å². The highest BCUT2D eigenvalue weighted by Crippen LogP contribution is 2.25. The van der Waals surface area contributed by atoms with Gasteiger partial charge in [-0.2, -0.15) is 0 Å². The van der Waals surface area contributed by atoms with Gasteiger partial charge in [-0.15, -0.1) is 0 Å². The number of para-hydroxylation sites is 2. The van der Waals surface area contributed by atoms with Crippen molar-refractivity contribution in [2.24, 2.45) is 0 Å². The summed E-state index contributed by atoms with van der Waals surface area (Å²) < 4.78 is 15.5. The number of methoxy groups -OCH3 is 1. The van der Waals surface area contributed by atoms with Gasteiger partial charge in [0.2, 0.25) is 0 Å². The molecule has 28 heavy (non-hydrogen) atoms. The van der Waals surface area contributed by atoms with Crippen LogP contribution in [0.25, 0.3) is 0 Å². The Morgan fingerprint density at radius 2 is 1.86 bits per heavy atom. The molecule has 0 aliphatic rings. The summed E-state index contributed by atoms with van der Waals surface area (Å²) in [5.74, 6) is -0.170. The van der Waals surface area contributed by atoms with Crippen molar-refractivity contribution in [3.8, 4) is 11.5 Å². The Hall–Kier alpha value is -3.62. The molecule has 1 N–H and O–H groups in total. The number of carbonyl (C=O) groups excluding carboxylic acids is 2. The van der Waals surface area contributed by atoms with Crippen LogP contribution in [-0.2, 0) is 14.3 Å².